The van der Waals surface area contributed by atoms with Crippen molar-refractivity contribution in [1.29, 1.82) is 0 Å². The van der Waals surface area contributed by atoms with Gasteiger partial charge in [-0.2, -0.15) is 0 Å². The van der Waals surface area contributed by atoms with Crippen LogP contribution in [0.15, 0.2) is 36.5 Å². The number of fused-ring (bicyclic) bond motifs is 1. The molecule has 0 saturated carbocycles. The van der Waals surface area contributed by atoms with Crippen molar-refractivity contribution in [3.63, 3.8) is 0 Å². The van der Waals surface area contributed by atoms with Crippen molar-refractivity contribution in [2.24, 2.45) is 0 Å². The summed E-state index contributed by atoms with van der Waals surface area (Å²) in [6, 6.07) is 8.58. The van der Waals surface area contributed by atoms with Gasteiger partial charge in [0.25, 0.3) is 0 Å². The van der Waals surface area contributed by atoms with Gasteiger partial charge in [-0.05, 0) is 55.5 Å². The summed E-state index contributed by atoms with van der Waals surface area (Å²) in [5.74, 6) is 0.187. The number of pyridine rings is 1. The number of nitrogens with zero attached hydrogens (tertiary/aromatic N) is 2. The van der Waals surface area contributed by atoms with E-state index in [1.807, 2.05) is 13.0 Å². The molecule has 1 aliphatic rings. The van der Waals surface area contributed by atoms with Crippen LogP contribution in [0.5, 0.6) is 5.75 Å². The molecular formula is C19H22N2O4. The average Bonchev–Trinajstić information content (AvgIpc) is 2.59. The van der Waals surface area contributed by atoms with E-state index in [1.54, 1.807) is 30.5 Å². The lowest BCUT2D eigenvalue weighted by Gasteiger charge is -2.34. The third-order valence-electron chi connectivity index (χ3n) is 4.77. The van der Waals surface area contributed by atoms with Crippen molar-refractivity contribution in [2.75, 3.05) is 6.54 Å². The third kappa shape index (κ3) is 3.91. The van der Waals surface area contributed by atoms with Crippen molar-refractivity contribution >= 4 is 6.09 Å². The number of aryl methyl sites for hydroxylation is 2. The van der Waals surface area contributed by atoms with Crippen molar-refractivity contribution < 1.29 is 20.1 Å². The molecule has 0 saturated heterocycles. The molecule has 132 valence electrons. The summed E-state index contributed by atoms with van der Waals surface area (Å²) < 4.78 is 0. The zero-order chi connectivity index (χ0) is 18.0. The van der Waals surface area contributed by atoms with Crippen LogP contribution >= 0.6 is 0 Å². The summed E-state index contributed by atoms with van der Waals surface area (Å²) in [5, 5.41) is 29.7. The molecule has 6 heteroatoms. The molecule has 0 bridgehead atoms. The Morgan fingerprint density at radius 1 is 1.32 bits per heavy atom. The van der Waals surface area contributed by atoms with Crippen LogP contribution in [0.3, 0.4) is 0 Å². The van der Waals surface area contributed by atoms with Gasteiger partial charge in [0, 0.05) is 23.5 Å². The van der Waals surface area contributed by atoms with Crippen LogP contribution in [0.2, 0.25) is 0 Å². The van der Waals surface area contributed by atoms with Gasteiger partial charge in [-0.15, -0.1) is 0 Å². The van der Waals surface area contributed by atoms with E-state index in [0.717, 1.165) is 23.2 Å². The molecule has 3 rings (SSSR count). The van der Waals surface area contributed by atoms with Gasteiger partial charge in [0.15, 0.2) is 0 Å². The normalized spacial score (nSPS) is 17.6. The number of amides is 1. The Hall–Kier alpha value is -2.60. The fraction of sp³-hybridized carbons (Fsp3) is 0.368. The fourth-order valence-corrected chi connectivity index (χ4v) is 3.34. The molecule has 1 heterocycles. The number of rotatable bonds is 4. The van der Waals surface area contributed by atoms with E-state index in [9.17, 15) is 20.1 Å². The van der Waals surface area contributed by atoms with E-state index in [2.05, 4.69) is 4.98 Å². The van der Waals surface area contributed by atoms with Crippen LogP contribution in [0.1, 0.15) is 34.9 Å². The third-order valence-corrected chi connectivity index (χ3v) is 4.77. The predicted molar refractivity (Wildman–Crippen MR) is 92.6 cm³/mol. The highest BCUT2D eigenvalue weighted by atomic mass is 16.4. The van der Waals surface area contributed by atoms with E-state index < -0.39 is 12.2 Å². The maximum absolute atomic E-state index is 11.7. The molecule has 0 fully saturated rings. The van der Waals surface area contributed by atoms with Crippen molar-refractivity contribution in [3.05, 3.63) is 58.9 Å². The number of hydrogen-bond acceptors (Lipinski definition) is 4. The smallest absolute Gasteiger partial charge is 0.407 e. The van der Waals surface area contributed by atoms with Crippen LogP contribution in [0, 0.1) is 6.92 Å². The fourth-order valence-electron chi connectivity index (χ4n) is 3.34. The maximum atomic E-state index is 11.7. The van der Waals surface area contributed by atoms with Crippen molar-refractivity contribution in [2.45, 2.75) is 38.3 Å². The SMILES string of the molecule is Cc1ccc([C@@H](O)CN(C(=O)O)[C@H]2CCc3ccc(O)cc3C2)cn1. The summed E-state index contributed by atoms with van der Waals surface area (Å²) >= 11 is 0. The van der Waals surface area contributed by atoms with Gasteiger partial charge in [0.2, 0.25) is 0 Å². The molecule has 0 radical (unpaired) electrons. The number of carbonyl (C=O) groups is 1. The van der Waals surface area contributed by atoms with Gasteiger partial charge in [-0.1, -0.05) is 12.1 Å². The first kappa shape index (κ1) is 17.2. The lowest BCUT2D eigenvalue weighted by atomic mass is 9.87. The molecule has 2 aromatic rings. The minimum absolute atomic E-state index is 0.00110. The number of aromatic nitrogens is 1. The Labute approximate surface area is 146 Å². The maximum Gasteiger partial charge on any atom is 0.407 e. The van der Waals surface area contributed by atoms with Crippen molar-refractivity contribution in [3.8, 4) is 5.75 Å². The number of carboxylic acid groups (broad SMARTS) is 1. The first-order valence-electron chi connectivity index (χ1n) is 8.35. The second-order valence-corrected chi connectivity index (χ2v) is 6.53. The van der Waals surface area contributed by atoms with Gasteiger partial charge in [0.05, 0.1) is 12.6 Å². The second kappa shape index (κ2) is 7.11. The highest BCUT2D eigenvalue weighted by molar-refractivity contribution is 5.65. The summed E-state index contributed by atoms with van der Waals surface area (Å²) in [6.07, 6.45) is 1.60. The Morgan fingerprint density at radius 3 is 2.80 bits per heavy atom. The van der Waals surface area contributed by atoms with Crippen LogP contribution < -0.4 is 0 Å². The molecule has 3 N–H and O–H groups in total. The lowest BCUT2D eigenvalue weighted by molar-refractivity contribution is 0.0725. The molecule has 1 aromatic heterocycles. The van der Waals surface area contributed by atoms with E-state index in [1.165, 1.54) is 4.90 Å². The monoisotopic (exact) mass is 342 g/mol. The van der Waals surface area contributed by atoms with Crippen molar-refractivity contribution in [1.82, 2.24) is 9.88 Å². The van der Waals surface area contributed by atoms with Gasteiger partial charge in [-0.3, -0.25) is 4.98 Å². The van der Waals surface area contributed by atoms with Crippen LogP contribution in [0.25, 0.3) is 0 Å². The van der Waals surface area contributed by atoms with E-state index in [4.69, 9.17) is 0 Å². The number of aliphatic hydroxyl groups is 1. The summed E-state index contributed by atoms with van der Waals surface area (Å²) in [5.41, 5.74) is 3.55. The second-order valence-electron chi connectivity index (χ2n) is 6.53. The summed E-state index contributed by atoms with van der Waals surface area (Å²) in [4.78, 5) is 17.2. The van der Waals surface area contributed by atoms with Crippen LogP contribution in [-0.4, -0.2) is 43.9 Å². The highest BCUT2D eigenvalue weighted by Gasteiger charge is 2.29. The van der Waals surface area contributed by atoms with E-state index >= 15 is 0 Å². The van der Waals surface area contributed by atoms with Gasteiger partial charge in [0.1, 0.15) is 5.75 Å². The first-order chi connectivity index (χ1) is 11.9. The summed E-state index contributed by atoms with van der Waals surface area (Å²) in [7, 11) is 0. The topological polar surface area (TPSA) is 93.9 Å². The number of phenols is 1. The number of phenolic OH excluding ortho intramolecular Hbond substituents is 1. The average molecular weight is 342 g/mol. The largest absolute Gasteiger partial charge is 0.508 e. The quantitative estimate of drug-likeness (QED) is 0.794. The molecule has 0 aliphatic heterocycles. The number of hydrogen-bond donors (Lipinski definition) is 3. The van der Waals surface area contributed by atoms with Gasteiger partial charge >= 0.3 is 6.09 Å². The molecule has 1 aromatic carbocycles. The molecule has 6 nitrogen and oxygen atoms in total. The lowest BCUT2D eigenvalue weighted by Crippen LogP contribution is -2.44. The first-order valence-corrected chi connectivity index (χ1v) is 8.35. The molecule has 0 unspecified atom stereocenters. The zero-order valence-electron chi connectivity index (χ0n) is 14.1. The minimum atomic E-state index is -1.05. The molecular weight excluding hydrogens is 320 g/mol. The Morgan fingerprint density at radius 2 is 2.12 bits per heavy atom. The van der Waals surface area contributed by atoms with Gasteiger partial charge in [-0.25, -0.2) is 4.79 Å². The highest BCUT2D eigenvalue weighted by Crippen LogP contribution is 2.28. The Kier molecular flexibility index (Phi) is 4.90. The molecule has 0 spiro atoms. The Bertz CT molecular complexity index is 761. The molecule has 25 heavy (non-hydrogen) atoms. The Balaban J connectivity index is 1.75. The standard InChI is InChI=1S/C19H22N2O4/c1-12-2-3-14(10-20-12)18(23)11-21(19(24)25)16-6-4-13-5-7-17(22)9-15(13)8-16/h2-3,5,7,9-10,16,18,22-23H,4,6,8,11H2,1H3,(H,24,25)/t16-,18-/m0/s1. The number of aromatic hydroxyl groups is 1. The van der Waals surface area contributed by atoms with Gasteiger partial charge < -0.3 is 20.2 Å². The minimum Gasteiger partial charge on any atom is -0.508 e. The molecule has 2 atom stereocenters. The molecule has 1 aliphatic carbocycles. The summed E-state index contributed by atoms with van der Waals surface area (Å²) in [6.45, 7) is 1.85. The number of benzene rings is 1. The van der Waals surface area contributed by atoms with Crippen LogP contribution in [-0.2, 0) is 12.8 Å². The predicted octanol–water partition coefficient (Wildman–Crippen LogP) is 2.67. The van der Waals surface area contributed by atoms with E-state index in [0.29, 0.717) is 18.4 Å². The zero-order valence-corrected chi connectivity index (χ0v) is 14.1. The van der Waals surface area contributed by atoms with E-state index in [-0.39, 0.29) is 18.3 Å². The number of aliphatic hydroxyl groups excluding tert-OH is 1. The molecule has 1 amide bonds. The van der Waals surface area contributed by atoms with Crippen LogP contribution in [0.4, 0.5) is 4.79 Å².